The molecule has 0 heterocycles. The van der Waals surface area contributed by atoms with Gasteiger partial charge in [0.05, 0.1) is 18.1 Å². The van der Waals surface area contributed by atoms with E-state index in [-0.39, 0.29) is 25.0 Å². The van der Waals surface area contributed by atoms with Crippen LogP contribution in [0.15, 0.2) is 97.1 Å². The van der Waals surface area contributed by atoms with Gasteiger partial charge in [-0.1, -0.05) is 84.9 Å². The molecule has 0 radical (unpaired) electrons. The van der Waals surface area contributed by atoms with Crippen LogP contribution < -0.4 is 16.8 Å². The molecule has 0 unspecified atom stereocenters. The summed E-state index contributed by atoms with van der Waals surface area (Å²) in [7, 11) is 0. The van der Waals surface area contributed by atoms with E-state index in [2.05, 4.69) is 5.32 Å². The molecule has 0 bridgehead atoms. The monoisotopic (exact) mass is 531 g/mol. The number of aromatic hydroxyl groups is 1. The Balaban J connectivity index is 1.66. The van der Waals surface area contributed by atoms with E-state index in [0.29, 0.717) is 6.42 Å². The van der Waals surface area contributed by atoms with E-state index in [1.807, 2.05) is 60.7 Å². The second-order valence-corrected chi connectivity index (χ2v) is 9.71. The van der Waals surface area contributed by atoms with Gasteiger partial charge in [0, 0.05) is 12.5 Å². The van der Waals surface area contributed by atoms with E-state index in [9.17, 15) is 24.9 Å². The van der Waals surface area contributed by atoms with Gasteiger partial charge in [0.2, 0.25) is 11.8 Å². The number of nitrogens with two attached hydrogens (primary N) is 2. The summed E-state index contributed by atoms with van der Waals surface area (Å²) < 4.78 is 0. The van der Waals surface area contributed by atoms with Crippen LogP contribution in [0.25, 0.3) is 0 Å². The SMILES string of the molecule is NC(=O)[C@H](Cc1ccccc1)NC(=O)[C@H](Cc1ccccc1)[C@H](O)/C=C\C[C@H](O)[C@@H](N)Cc1ccc(O)cc1. The number of hydrogen-bond donors (Lipinski definition) is 6. The van der Waals surface area contributed by atoms with Crippen LogP contribution in [0, 0.1) is 5.92 Å². The maximum Gasteiger partial charge on any atom is 0.240 e. The van der Waals surface area contributed by atoms with Gasteiger partial charge in [-0.05, 0) is 48.1 Å². The van der Waals surface area contributed by atoms with E-state index in [1.165, 1.54) is 6.08 Å². The quantitative estimate of drug-likeness (QED) is 0.175. The van der Waals surface area contributed by atoms with Gasteiger partial charge in [0.1, 0.15) is 11.8 Å². The number of amides is 2. The highest BCUT2D eigenvalue weighted by Crippen LogP contribution is 2.17. The molecule has 2 amide bonds. The van der Waals surface area contributed by atoms with Gasteiger partial charge >= 0.3 is 0 Å². The van der Waals surface area contributed by atoms with Crippen LogP contribution >= 0.6 is 0 Å². The van der Waals surface area contributed by atoms with Crippen LogP contribution in [0.4, 0.5) is 0 Å². The van der Waals surface area contributed by atoms with Crippen molar-refractivity contribution in [3.8, 4) is 5.75 Å². The molecule has 0 aromatic heterocycles. The third-order valence-corrected chi connectivity index (χ3v) is 6.60. The first kappa shape index (κ1) is 29.6. The molecule has 0 saturated heterocycles. The molecule has 0 aliphatic heterocycles. The maximum atomic E-state index is 13.3. The molecule has 8 heteroatoms. The highest BCUT2D eigenvalue weighted by Gasteiger charge is 2.29. The number of phenolic OH excluding ortho intramolecular Hbond substituents is 1. The molecule has 3 aromatic rings. The lowest BCUT2D eigenvalue weighted by Gasteiger charge is -2.24. The fourth-order valence-corrected chi connectivity index (χ4v) is 4.29. The highest BCUT2D eigenvalue weighted by molar-refractivity contribution is 5.88. The number of primary amides is 1. The van der Waals surface area contributed by atoms with Crippen molar-refractivity contribution in [2.45, 2.75) is 50.0 Å². The van der Waals surface area contributed by atoms with Crippen molar-refractivity contribution < 1.29 is 24.9 Å². The van der Waals surface area contributed by atoms with Crippen LogP contribution in [-0.2, 0) is 28.9 Å². The molecular formula is C31H37N3O5. The number of aliphatic hydroxyl groups excluding tert-OH is 2. The molecular weight excluding hydrogens is 494 g/mol. The van der Waals surface area contributed by atoms with Gasteiger partial charge in [-0.2, -0.15) is 0 Å². The average molecular weight is 532 g/mol. The lowest BCUT2D eigenvalue weighted by molar-refractivity contribution is -0.131. The van der Waals surface area contributed by atoms with Gasteiger partial charge in [-0.25, -0.2) is 0 Å². The molecule has 8 nitrogen and oxygen atoms in total. The van der Waals surface area contributed by atoms with Gasteiger partial charge in [0.25, 0.3) is 0 Å². The number of nitrogens with one attached hydrogen (secondary N) is 1. The molecule has 0 fully saturated rings. The summed E-state index contributed by atoms with van der Waals surface area (Å²) in [5.74, 6) is -1.91. The minimum absolute atomic E-state index is 0.154. The Morgan fingerprint density at radius 2 is 1.33 bits per heavy atom. The van der Waals surface area contributed by atoms with Crippen LogP contribution in [-0.4, -0.2) is 51.4 Å². The van der Waals surface area contributed by atoms with Gasteiger partial charge in [-0.3, -0.25) is 9.59 Å². The Bertz CT molecular complexity index is 1200. The molecule has 0 aliphatic rings. The third kappa shape index (κ3) is 9.68. The number of carbonyl (C=O) groups excluding carboxylic acids is 2. The predicted octanol–water partition coefficient (Wildman–Crippen LogP) is 2.00. The Morgan fingerprint density at radius 3 is 1.90 bits per heavy atom. The van der Waals surface area contributed by atoms with Crippen molar-refractivity contribution in [3.63, 3.8) is 0 Å². The number of rotatable bonds is 14. The van der Waals surface area contributed by atoms with Gasteiger partial charge < -0.3 is 32.1 Å². The summed E-state index contributed by atoms with van der Waals surface area (Å²) in [6.07, 6.45) is 2.06. The van der Waals surface area contributed by atoms with Crippen LogP contribution in [0.2, 0.25) is 0 Å². The molecule has 3 rings (SSSR count). The number of aliphatic hydroxyl groups is 2. The molecule has 0 aliphatic carbocycles. The maximum absolute atomic E-state index is 13.3. The zero-order chi connectivity index (χ0) is 28.2. The summed E-state index contributed by atoms with van der Waals surface area (Å²) in [6.45, 7) is 0. The molecule has 3 aromatic carbocycles. The molecule has 0 spiro atoms. The standard InChI is InChI=1S/C31H37N3O5/c32-26(19-23-14-16-24(35)17-15-23)29(37)13-7-12-28(36)25(18-21-8-3-1-4-9-21)31(39)34-27(30(33)38)20-22-10-5-2-6-11-22/h1-12,14-17,25-29,35-37H,13,18-20,32H2,(H2,33,38)(H,34,39)/b12-7-/t25-,26+,27+,28-,29+/m1/s1. The van der Waals surface area contributed by atoms with Crippen molar-refractivity contribution in [1.82, 2.24) is 5.32 Å². The van der Waals surface area contributed by atoms with Crippen molar-refractivity contribution in [2.75, 3.05) is 0 Å². The Kier molecular flexibility index (Phi) is 11.2. The van der Waals surface area contributed by atoms with E-state index < -0.39 is 42.0 Å². The topological polar surface area (TPSA) is 159 Å². The second-order valence-electron chi connectivity index (χ2n) is 9.71. The zero-order valence-electron chi connectivity index (χ0n) is 21.8. The summed E-state index contributed by atoms with van der Waals surface area (Å²) in [5, 5.41) is 33.6. The van der Waals surface area contributed by atoms with Crippen molar-refractivity contribution in [3.05, 3.63) is 114 Å². The molecule has 206 valence electrons. The normalized spacial score (nSPS) is 15.3. The number of benzene rings is 3. The first-order valence-electron chi connectivity index (χ1n) is 13.0. The summed E-state index contributed by atoms with van der Waals surface area (Å²) in [6, 6.07) is 23.6. The Morgan fingerprint density at radius 1 is 0.795 bits per heavy atom. The molecule has 5 atom stereocenters. The lowest BCUT2D eigenvalue weighted by Crippen LogP contribution is -2.50. The van der Waals surface area contributed by atoms with E-state index in [0.717, 1.165) is 16.7 Å². The average Bonchev–Trinajstić information content (AvgIpc) is 2.93. The Hall–Kier alpha value is -3.98. The van der Waals surface area contributed by atoms with Crippen molar-refractivity contribution in [1.29, 1.82) is 0 Å². The highest BCUT2D eigenvalue weighted by atomic mass is 16.3. The number of phenols is 1. The summed E-state index contributed by atoms with van der Waals surface area (Å²) in [4.78, 5) is 25.5. The second kappa shape index (κ2) is 14.8. The fraction of sp³-hybridized carbons (Fsp3) is 0.290. The largest absolute Gasteiger partial charge is 0.508 e. The van der Waals surface area contributed by atoms with Crippen molar-refractivity contribution in [2.24, 2.45) is 17.4 Å². The minimum Gasteiger partial charge on any atom is -0.508 e. The van der Waals surface area contributed by atoms with Crippen LogP contribution in [0.3, 0.4) is 0 Å². The first-order chi connectivity index (χ1) is 18.7. The number of hydrogen-bond acceptors (Lipinski definition) is 6. The van der Waals surface area contributed by atoms with Gasteiger partial charge in [0.15, 0.2) is 0 Å². The summed E-state index contributed by atoms with van der Waals surface area (Å²) in [5.41, 5.74) is 14.3. The van der Waals surface area contributed by atoms with Crippen molar-refractivity contribution >= 4 is 11.8 Å². The van der Waals surface area contributed by atoms with Gasteiger partial charge in [-0.15, -0.1) is 0 Å². The molecule has 0 saturated carbocycles. The smallest absolute Gasteiger partial charge is 0.240 e. The third-order valence-electron chi connectivity index (χ3n) is 6.60. The zero-order valence-corrected chi connectivity index (χ0v) is 21.8. The molecule has 8 N–H and O–H groups in total. The summed E-state index contributed by atoms with van der Waals surface area (Å²) >= 11 is 0. The Labute approximate surface area is 229 Å². The number of carbonyl (C=O) groups is 2. The van der Waals surface area contributed by atoms with Crippen LogP contribution in [0.5, 0.6) is 5.75 Å². The lowest BCUT2D eigenvalue weighted by atomic mass is 9.91. The molecule has 39 heavy (non-hydrogen) atoms. The van der Waals surface area contributed by atoms with E-state index in [4.69, 9.17) is 11.5 Å². The van der Waals surface area contributed by atoms with E-state index in [1.54, 1.807) is 30.3 Å². The minimum atomic E-state index is -1.18. The van der Waals surface area contributed by atoms with Crippen LogP contribution in [0.1, 0.15) is 23.1 Å². The first-order valence-corrected chi connectivity index (χ1v) is 13.0. The van der Waals surface area contributed by atoms with E-state index >= 15 is 0 Å². The predicted molar refractivity (Wildman–Crippen MR) is 150 cm³/mol. The fourth-order valence-electron chi connectivity index (χ4n) is 4.29.